The van der Waals surface area contributed by atoms with Crippen LogP contribution in [0.5, 0.6) is 0 Å². The van der Waals surface area contributed by atoms with Crippen molar-refractivity contribution in [1.82, 2.24) is 15.1 Å². The Kier molecular flexibility index (Phi) is 4.64. The Hall–Kier alpha value is -1.65. The molecule has 1 aromatic heterocycles. The first-order valence-corrected chi connectivity index (χ1v) is 6.16. The first-order valence-electron chi connectivity index (χ1n) is 6.16. The maximum absolute atomic E-state index is 12.1. The molecule has 0 atom stereocenters. The van der Waals surface area contributed by atoms with Crippen molar-refractivity contribution in [2.75, 3.05) is 25.5 Å². The van der Waals surface area contributed by atoms with Gasteiger partial charge in [-0.05, 0) is 24.5 Å². The van der Waals surface area contributed by atoms with Crippen molar-refractivity contribution in [1.29, 1.82) is 0 Å². The highest BCUT2D eigenvalue weighted by atomic mass is 16.2. The van der Waals surface area contributed by atoms with E-state index in [0.717, 1.165) is 6.54 Å². The standard InChI is InChI=1S/C13H22N4O/c1-6-14-11-8-7-10(15-16-11)12(18)17(5)9-13(2,3)4/h7-8H,6,9H2,1-5H3,(H,14,16). The summed E-state index contributed by atoms with van der Waals surface area (Å²) in [6.45, 7) is 9.73. The van der Waals surface area contributed by atoms with Gasteiger partial charge in [0.25, 0.3) is 5.91 Å². The van der Waals surface area contributed by atoms with Crippen molar-refractivity contribution in [3.05, 3.63) is 17.8 Å². The third-order valence-corrected chi connectivity index (χ3v) is 2.30. The number of nitrogens with one attached hydrogen (secondary N) is 1. The van der Waals surface area contributed by atoms with Crippen molar-refractivity contribution < 1.29 is 4.79 Å². The number of rotatable bonds is 4. The Bertz CT molecular complexity index is 394. The number of hydrogen-bond donors (Lipinski definition) is 1. The molecule has 0 bridgehead atoms. The zero-order chi connectivity index (χ0) is 13.8. The van der Waals surface area contributed by atoms with Gasteiger partial charge in [0.05, 0.1) is 0 Å². The van der Waals surface area contributed by atoms with Crippen LogP contribution in [0.1, 0.15) is 38.2 Å². The van der Waals surface area contributed by atoms with Crippen LogP contribution in [0, 0.1) is 5.41 Å². The molecular weight excluding hydrogens is 228 g/mol. The Morgan fingerprint density at radius 2 is 2.00 bits per heavy atom. The second-order valence-electron chi connectivity index (χ2n) is 5.56. The molecule has 0 unspecified atom stereocenters. The molecule has 1 N–H and O–H groups in total. The monoisotopic (exact) mass is 250 g/mol. The van der Waals surface area contributed by atoms with Crippen LogP contribution in [0.3, 0.4) is 0 Å². The molecule has 0 aliphatic carbocycles. The van der Waals surface area contributed by atoms with Gasteiger partial charge >= 0.3 is 0 Å². The van der Waals surface area contributed by atoms with Crippen LogP contribution in [-0.2, 0) is 0 Å². The molecule has 5 heteroatoms. The van der Waals surface area contributed by atoms with Gasteiger partial charge in [0.15, 0.2) is 5.69 Å². The summed E-state index contributed by atoms with van der Waals surface area (Å²) in [5, 5.41) is 10.9. The fraction of sp³-hybridized carbons (Fsp3) is 0.615. The normalized spacial score (nSPS) is 11.2. The molecule has 5 nitrogen and oxygen atoms in total. The number of anilines is 1. The Morgan fingerprint density at radius 1 is 1.33 bits per heavy atom. The summed E-state index contributed by atoms with van der Waals surface area (Å²) in [6.07, 6.45) is 0. The largest absolute Gasteiger partial charge is 0.369 e. The first kappa shape index (κ1) is 14.4. The topological polar surface area (TPSA) is 58.1 Å². The summed E-state index contributed by atoms with van der Waals surface area (Å²) in [5.41, 5.74) is 0.449. The average molecular weight is 250 g/mol. The lowest BCUT2D eigenvalue weighted by Crippen LogP contribution is -2.35. The summed E-state index contributed by atoms with van der Waals surface area (Å²) in [6, 6.07) is 3.47. The zero-order valence-corrected chi connectivity index (χ0v) is 11.8. The third-order valence-electron chi connectivity index (χ3n) is 2.30. The van der Waals surface area contributed by atoms with Crippen LogP contribution in [0.15, 0.2) is 12.1 Å². The van der Waals surface area contributed by atoms with Crippen molar-refractivity contribution >= 4 is 11.7 Å². The number of carbonyl (C=O) groups excluding carboxylic acids is 1. The van der Waals surface area contributed by atoms with Gasteiger partial charge in [-0.3, -0.25) is 4.79 Å². The predicted octanol–water partition coefficient (Wildman–Crippen LogP) is 2.03. The van der Waals surface area contributed by atoms with Crippen LogP contribution in [0.25, 0.3) is 0 Å². The fourth-order valence-corrected chi connectivity index (χ4v) is 1.70. The highest BCUT2D eigenvalue weighted by Crippen LogP contribution is 2.15. The van der Waals surface area contributed by atoms with E-state index in [1.54, 1.807) is 24.1 Å². The van der Waals surface area contributed by atoms with Gasteiger partial charge in [0.1, 0.15) is 5.82 Å². The molecule has 100 valence electrons. The van der Waals surface area contributed by atoms with Gasteiger partial charge in [-0.2, -0.15) is 0 Å². The van der Waals surface area contributed by atoms with E-state index in [1.165, 1.54) is 0 Å². The molecule has 1 amide bonds. The number of nitrogens with zero attached hydrogens (tertiary/aromatic N) is 3. The molecule has 18 heavy (non-hydrogen) atoms. The fourth-order valence-electron chi connectivity index (χ4n) is 1.70. The number of carbonyl (C=O) groups is 1. The molecule has 0 saturated heterocycles. The van der Waals surface area contributed by atoms with E-state index >= 15 is 0 Å². The zero-order valence-electron chi connectivity index (χ0n) is 11.8. The molecule has 1 rings (SSSR count). The minimum atomic E-state index is -0.0968. The summed E-state index contributed by atoms with van der Waals surface area (Å²) >= 11 is 0. The minimum absolute atomic E-state index is 0.0710. The highest BCUT2D eigenvalue weighted by Gasteiger charge is 2.19. The van der Waals surface area contributed by atoms with Gasteiger partial charge in [-0.15, -0.1) is 10.2 Å². The maximum atomic E-state index is 12.1. The number of aromatic nitrogens is 2. The van der Waals surface area contributed by atoms with E-state index in [9.17, 15) is 4.79 Å². The minimum Gasteiger partial charge on any atom is -0.369 e. The Labute approximate surface area is 109 Å². The second-order valence-corrected chi connectivity index (χ2v) is 5.56. The van der Waals surface area contributed by atoms with Crippen molar-refractivity contribution in [2.45, 2.75) is 27.7 Å². The summed E-state index contributed by atoms with van der Waals surface area (Å²) in [7, 11) is 1.79. The molecule has 0 aliphatic rings. The predicted molar refractivity (Wildman–Crippen MR) is 72.6 cm³/mol. The van der Waals surface area contributed by atoms with Crippen molar-refractivity contribution in [3.8, 4) is 0 Å². The summed E-state index contributed by atoms with van der Waals surface area (Å²) in [5.74, 6) is 0.591. The van der Waals surface area contributed by atoms with Gasteiger partial charge in [0.2, 0.25) is 0 Å². The summed E-state index contributed by atoms with van der Waals surface area (Å²) in [4.78, 5) is 13.8. The van der Waals surface area contributed by atoms with Crippen molar-refractivity contribution in [3.63, 3.8) is 0 Å². The van der Waals surface area contributed by atoms with E-state index in [4.69, 9.17) is 0 Å². The summed E-state index contributed by atoms with van der Waals surface area (Å²) < 4.78 is 0. The molecule has 0 aromatic carbocycles. The third kappa shape index (κ3) is 4.31. The van der Waals surface area contributed by atoms with Crippen LogP contribution < -0.4 is 5.32 Å². The molecule has 1 heterocycles. The van der Waals surface area contributed by atoms with E-state index in [-0.39, 0.29) is 11.3 Å². The smallest absolute Gasteiger partial charge is 0.274 e. The van der Waals surface area contributed by atoms with E-state index < -0.39 is 0 Å². The highest BCUT2D eigenvalue weighted by molar-refractivity contribution is 5.92. The Morgan fingerprint density at radius 3 is 2.44 bits per heavy atom. The molecule has 0 saturated carbocycles. The van der Waals surface area contributed by atoms with Crippen LogP contribution >= 0.6 is 0 Å². The number of amides is 1. The van der Waals surface area contributed by atoms with Gasteiger partial charge in [0, 0.05) is 20.1 Å². The van der Waals surface area contributed by atoms with Gasteiger partial charge < -0.3 is 10.2 Å². The van der Waals surface area contributed by atoms with Crippen LogP contribution in [-0.4, -0.2) is 41.1 Å². The quantitative estimate of drug-likeness (QED) is 0.888. The van der Waals surface area contributed by atoms with E-state index in [1.807, 2.05) is 6.92 Å². The van der Waals surface area contributed by atoms with E-state index in [2.05, 4.69) is 36.3 Å². The SMILES string of the molecule is CCNc1ccc(C(=O)N(C)CC(C)(C)C)nn1. The molecule has 0 radical (unpaired) electrons. The van der Waals surface area contributed by atoms with Crippen molar-refractivity contribution in [2.24, 2.45) is 5.41 Å². The van der Waals surface area contributed by atoms with Crippen LogP contribution in [0.2, 0.25) is 0 Å². The lowest BCUT2D eigenvalue weighted by molar-refractivity contribution is 0.0738. The average Bonchev–Trinajstić information content (AvgIpc) is 2.27. The lowest BCUT2D eigenvalue weighted by atomic mass is 9.96. The molecule has 0 spiro atoms. The Balaban J connectivity index is 2.72. The van der Waals surface area contributed by atoms with Gasteiger partial charge in [-0.25, -0.2) is 0 Å². The van der Waals surface area contributed by atoms with Gasteiger partial charge in [-0.1, -0.05) is 20.8 Å². The molecule has 0 fully saturated rings. The maximum Gasteiger partial charge on any atom is 0.274 e. The van der Waals surface area contributed by atoms with Crippen LogP contribution in [0.4, 0.5) is 5.82 Å². The van der Waals surface area contributed by atoms with E-state index in [0.29, 0.717) is 18.1 Å². The molecule has 1 aromatic rings. The lowest BCUT2D eigenvalue weighted by Gasteiger charge is -2.26. The second kappa shape index (κ2) is 5.80. The first-order chi connectivity index (χ1) is 8.33. The number of hydrogen-bond acceptors (Lipinski definition) is 4. The molecular formula is C13H22N4O. The molecule has 0 aliphatic heterocycles.